The van der Waals surface area contributed by atoms with E-state index in [2.05, 4.69) is 4.90 Å². The zero-order chi connectivity index (χ0) is 13.0. The van der Waals surface area contributed by atoms with Crippen LogP contribution in [0.15, 0.2) is 18.2 Å². The number of hydrogen-bond donors (Lipinski definition) is 1. The van der Waals surface area contributed by atoms with Gasteiger partial charge in [0.1, 0.15) is 5.82 Å². The van der Waals surface area contributed by atoms with E-state index in [9.17, 15) is 9.50 Å². The molecule has 0 aromatic heterocycles. The molecular formula is C14H20FNOS. The first-order valence-electron chi connectivity index (χ1n) is 6.41. The van der Waals surface area contributed by atoms with E-state index in [4.69, 9.17) is 0 Å². The highest BCUT2D eigenvalue weighted by Gasteiger charge is 2.16. The number of thioether (sulfide) groups is 1. The van der Waals surface area contributed by atoms with Crippen LogP contribution in [-0.2, 0) is 0 Å². The highest BCUT2D eigenvalue weighted by atomic mass is 32.2. The number of aryl methyl sites for hydroxylation is 1. The van der Waals surface area contributed by atoms with Gasteiger partial charge in [0, 0.05) is 18.8 Å². The molecule has 1 heterocycles. The van der Waals surface area contributed by atoms with E-state index in [-0.39, 0.29) is 5.82 Å². The third-order valence-electron chi connectivity index (χ3n) is 3.34. The van der Waals surface area contributed by atoms with Crippen LogP contribution in [0.4, 0.5) is 4.39 Å². The minimum Gasteiger partial charge on any atom is -0.387 e. The van der Waals surface area contributed by atoms with Crippen molar-refractivity contribution < 1.29 is 9.50 Å². The maximum atomic E-state index is 13.0. The molecular weight excluding hydrogens is 249 g/mol. The maximum Gasteiger partial charge on any atom is 0.123 e. The van der Waals surface area contributed by atoms with E-state index >= 15 is 0 Å². The van der Waals surface area contributed by atoms with E-state index in [0.29, 0.717) is 6.54 Å². The number of halogens is 1. The second-order valence-corrected chi connectivity index (χ2v) is 6.01. The number of rotatable bonds is 3. The first-order valence-corrected chi connectivity index (χ1v) is 7.56. The van der Waals surface area contributed by atoms with Crippen molar-refractivity contribution in [3.8, 4) is 0 Å². The van der Waals surface area contributed by atoms with Crippen molar-refractivity contribution in [1.29, 1.82) is 0 Å². The van der Waals surface area contributed by atoms with Crippen LogP contribution >= 0.6 is 11.8 Å². The summed E-state index contributed by atoms with van der Waals surface area (Å²) in [6.07, 6.45) is 0.661. The van der Waals surface area contributed by atoms with Gasteiger partial charge in [0.15, 0.2) is 0 Å². The van der Waals surface area contributed by atoms with Gasteiger partial charge in [-0.15, -0.1) is 0 Å². The first-order chi connectivity index (χ1) is 8.66. The minimum atomic E-state index is -0.520. The first kappa shape index (κ1) is 13.8. The number of β-amino-alcohol motifs (C(OH)–C–C–N with tert-alkyl or cyclic N) is 1. The number of hydrogen-bond acceptors (Lipinski definition) is 3. The van der Waals surface area contributed by atoms with Crippen molar-refractivity contribution >= 4 is 11.8 Å². The number of aliphatic hydroxyl groups is 1. The summed E-state index contributed by atoms with van der Waals surface area (Å²) in [6.45, 7) is 4.57. The van der Waals surface area contributed by atoms with E-state index in [1.807, 2.05) is 18.7 Å². The van der Waals surface area contributed by atoms with Crippen molar-refractivity contribution in [2.45, 2.75) is 19.4 Å². The molecule has 1 saturated heterocycles. The van der Waals surface area contributed by atoms with Gasteiger partial charge in [0.05, 0.1) is 6.10 Å². The molecule has 1 atom stereocenters. The van der Waals surface area contributed by atoms with Gasteiger partial charge in [-0.3, -0.25) is 4.90 Å². The van der Waals surface area contributed by atoms with Gasteiger partial charge in [-0.1, -0.05) is 6.07 Å². The summed E-state index contributed by atoms with van der Waals surface area (Å²) in [5, 5.41) is 10.3. The Bertz CT molecular complexity index is 391. The Balaban J connectivity index is 1.99. The molecule has 2 rings (SSSR count). The molecule has 0 amide bonds. The smallest absolute Gasteiger partial charge is 0.123 e. The number of nitrogens with zero attached hydrogens (tertiary/aromatic N) is 1. The Morgan fingerprint density at radius 1 is 1.39 bits per heavy atom. The van der Waals surface area contributed by atoms with Crippen LogP contribution in [0.1, 0.15) is 23.7 Å². The monoisotopic (exact) mass is 269 g/mol. The van der Waals surface area contributed by atoms with Crippen LogP contribution in [0.3, 0.4) is 0 Å². The molecule has 0 aliphatic carbocycles. The Morgan fingerprint density at radius 3 is 3.00 bits per heavy atom. The van der Waals surface area contributed by atoms with Gasteiger partial charge in [0.2, 0.25) is 0 Å². The van der Waals surface area contributed by atoms with Gasteiger partial charge in [-0.2, -0.15) is 11.8 Å². The van der Waals surface area contributed by atoms with Crippen LogP contribution in [0.25, 0.3) is 0 Å². The van der Waals surface area contributed by atoms with Crippen molar-refractivity contribution in [3.63, 3.8) is 0 Å². The summed E-state index contributed by atoms with van der Waals surface area (Å²) in [7, 11) is 0. The fraction of sp³-hybridized carbons (Fsp3) is 0.571. The summed E-state index contributed by atoms with van der Waals surface area (Å²) in [4.78, 5) is 2.30. The lowest BCUT2D eigenvalue weighted by Gasteiger charge is -2.24. The predicted octanol–water partition coefficient (Wildman–Crippen LogP) is 2.61. The van der Waals surface area contributed by atoms with Crippen molar-refractivity contribution in [2.24, 2.45) is 0 Å². The van der Waals surface area contributed by atoms with Crippen LogP contribution in [0, 0.1) is 12.7 Å². The third kappa shape index (κ3) is 3.70. The second-order valence-electron chi connectivity index (χ2n) is 4.78. The highest BCUT2D eigenvalue weighted by Crippen LogP contribution is 2.21. The quantitative estimate of drug-likeness (QED) is 0.912. The van der Waals surface area contributed by atoms with Crippen molar-refractivity contribution in [3.05, 3.63) is 35.1 Å². The van der Waals surface area contributed by atoms with E-state index < -0.39 is 6.10 Å². The molecule has 18 heavy (non-hydrogen) atoms. The van der Waals surface area contributed by atoms with Crippen molar-refractivity contribution in [1.82, 2.24) is 4.90 Å². The summed E-state index contributed by atoms with van der Waals surface area (Å²) in [5.74, 6) is 2.10. The molecule has 1 unspecified atom stereocenters. The summed E-state index contributed by atoms with van der Waals surface area (Å²) < 4.78 is 13.0. The predicted molar refractivity (Wildman–Crippen MR) is 74.5 cm³/mol. The summed E-state index contributed by atoms with van der Waals surface area (Å²) in [6, 6.07) is 4.60. The lowest BCUT2D eigenvalue weighted by atomic mass is 10.0. The molecule has 1 aliphatic heterocycles. The molecule has 4 heteroatoms. The largest absolute Gasteiger partial charge is 0.387 e. The second kappa shape index (κ2) is 6.55. The molecule has 1 aliphatic rings. The van der Waals surface area contributed by atoms with Crippen LogP contribution in [-0.4, -0.2) is 41.1 Å². The topological polar surface area (TPSA) is 23.5 Å². The molecule has 2 nitrogen and oxygen atoms in total. The summed E-state index contributed by atoms with van der Waals surface area (Å²) in [5.41, 5.74) is 1.67. The molecule has 0 saturated carbocycles. The van der Waals surface area contributed by atoms with Crippen LogP contribution < -0.4 is 0 Å². The van der Waals surface area contributed by atoms with E-state index in [1.54, 1.807) is 6.07 Å². The van der Waals surface area contributed by atoms with Gasteiger partial charge in [0.25, 0.3) is 0 Å². The molecule has 1 fully saturated rings. The molecule has 0 spiro atoms. The molecule has 1 N–H and O–H groups in total. The zero-order valence-electron chi connectivity index (χ0n) is 10.7. The third-order valence-corrected chi connectivity index (χ3v) is 4.39. The van der Waals surface area contributed by atoms with Crippen LogP contribution in [0.5, 0.6) is 0 Å². The lowest BCUT2D eigenvalue weighted by molar-refractivity contribution is 0.117. The Kier molecular flexibility index (Phi) is 5.03. The van der Waals surface area contributed by atoms with E-state index in [0.717, 1.165) is 30.0 Å². The molecule has 0 bridgehead atoms. The van der Waals surface area contributed by atoms with Gasteiger partial charge in [-0.05, 0) is 48.9 Å². The summed E-state index contributed by atoms with van der Waals surface area (Å²) >= 11 is 1.97. The van der Waals surface area contributed by atoms with Crippen LogP contribution in [0.2, 0.25) is 0 Å². The average molecular weight is 269 g/mol. The SMILES string of the molecule is Cc1cc(F)ccc1C(O)CN1CCCSCC1. The minimum absolute atomic E-state index is 0.241. The van der Waals surface area contributed by atoms with E-state index in [1.165, 1.54) is 24.3 Å². The maximum absolute atomic E-state index is 13.0. The van der Waals surface area contributed by atoms with Gasteiger partial charge in [-0.25, -0.2) is 4.39 Å². The standard InChI is InChI=1S/C14H20FNOS/c1-11-9-12(15)3-4-13(11)14(17)10-16-5-2-7-18-8-6-16/h3-4,9,14,17H,2,5-8,10H2,1H3. The van der Waals surface area contributed by atoms with Crippen molar-refractivity contribution in [2.75, 3.05) is 31.1 Å². The zero-order valence-corrected chi connectivity index (χ0v) is 11.5. The average Bonchev–Trinajstić information content (AvgIpc) is 2.57. The molecule has 0 radical (unpaired) electrons. The molecule has 100 valence electrons. The molecule has 1 aromatic carbocycles. The fourth-order valence-electron chi connectivity index (χ4n) is 2.34. The lowest BCUT2D eigenvalue weighted by Crippen LogP contribution is -2.31. The Hall–Kier alpha value is -0.580. The van der Waals surface area contributed by atoms with Gasteiger partial charge < -0.3 is 5.11 Å². The normalized spacial score (nSPS) is 19.5. The Labute approximate surface area is 112 Å². The Morgan fingerprint density at radius 2 is 2.22 bits per heavy atom. The van der Waals surface area contributed by atoms with Gasteiger partial charge >= 0.3 is 0 Å². The number of benzene rings is 1. The fourth-order valence-corrected chi connectivity index (χ4v) is 3.26. The highest BCUT2D eigenvalue weighted by molar-refractivity contribution is 7.99. The molecule has 1 aromatic rings. The number of aliphatic hydroxyl groups excluding tert-OH is 1.